The van der Waals surface area contributed by atoms with Gasteiger partial charge >= 0.3 is 0 Å². The second-order valence-corrected chi connectivity index (χ2v) is 4.81. The van der Waals surface area contributed by atoms with Gasteiger partial charge in [-0.05, 0) is 44.1 Å². The summed E-state index contributed by atoms with van der Waals surface area (Å²) in [7, 11) is 2.20. The predicted molar refractivity (Wildman–Crippen MR) is 49.0 cm³/mol. The molecule has 2 fully saturated rings. The number of rotatable bonds is 3. The molecule has 1 N–H and O–H groups in total. The van der Waals surface area contributed by atoms with Crippen LogP contribution in [0.3, 0.4) is 0 Å². The zero-order valence-corrected chi connectivity index (χ0v) is 7.92. The predicted octanol–water partition coefficient (Wildman–Crippen LogP) is 1.10. The summed E-state index contributed by atoms with van der Waals surface area (Å²) in [6.45, 7) is 3.02. The SMILES string of the molecule is CN1CC2(CC(CCCO)C2)C1. The minimum atomic E-state index is 0.378. The summed E-state index contributed by atoms with van der Waals surface area (Å²) in [5, 5.41) is 8.67. The van der Waals surface area contributed by atoms with E-state index < -0.39 is 0 Å². The molecule has 70 valence electrons. The minimum Gasteiger partial charge on any atom is -0.396 e. The first kappa shape index (κ1) is 8.52. The molecule has 2 aliphatic rings. The van der Waals surface area contributed by atoms with Gasteiger partial charge < -0.3 is 10.0 Å². The Kier molecular flexibility index (Phi) is 2.13. The molecule has 0 radical (unpaired) electrons. The van der Waals surface area contributed by atoms with Crippen LogP contribution in [0.5, 0.6) is 0 Å². The van der Waals surface area contributed by atoms with Crippen molar-refractivity contribution < 1.29 is 5.11 Å². The summed E-state index contributed by atoms with van der Waals surface area (Å²) in [6.07, 6.45) is 5.12. The van der Waals surface area contributed by atoms with Gasteiger partial charge in [0.25, 0.3) is 0 Å². The summed E-state index contributed by atoms with van der Waals surface area (Å²) in [6, 6.07) is 0. The van der Waals surface area contributed by atoms with E-state index in [0.717, 1.165) is 17.8 Å². The molecule has 0 aromatic rings. The molecule has 1 aliphatic heterocycles. The summed E-state index contributed by atoms with van der Waals surface area (Å²) >= 11 is 0. The molecule has 0 aromatic heterocycles. The maximum atomic E-state index is 8.67. The largest absolute Gasteiger partial charge is 0.396 e. The Labute approximate surface area is 74.6 Å². The van der Waals surface area contributed by atoms with E-state index in [0.29, 0.717) is 6.61 Å². The van der Waals surface area contributed by atoms with Crippen LogP contribution in [0.15, 0.2) is 0 Å². The Bertz CT molecular complexity index is 155. The number of aliphatic hydroxyl groups excluding tert-OH is 1. The Morgan fingerprint density at radius 1 is 1.42 bits per heavy atom. The second kappa shape index (κ2) is 3.00. The molecule has 2 rings (SSSR count). The van der Waals surface area contributed by atoms with Crippen LogP contribution in [-0.2, 0) is 0 Å². The third-order valence-corrected chi connectivity index (χ3v) is 3.42. The summed E-state index contributed by atoms with van der Waals surface area (Å²) < 4.78 is 0. The maximum absolute atomic E-state index is 8.67. The van der Waals surface area contributed by atoms with E-state index in [1.165, 1.54) is 32.4 Å². The third-order valence-electron chi connectivity index (χ3n) is 3.42. The first-order chi connectivity index (χ1) is 5.74. The van der Waals surface area contributed by atoms with E-state index >= 15 is 0 Å². The Morgan fingerprint density at radius 2 is 2.08 bits per heavy atom. The lowest BCUT2D eigenvalue weighted by Gasteiger charge is -2.58. The zero-order chi connectivity index (χ0) is 8.60. The Morgan fingerprint density at radius 3 is 2.58 bits per heavy atom. The molecule has 0 bridgehead atoms. The highest BCUT2D eigenvalue weighted by molar-refractivity contribution is 5.02. The number of nitrogens with zero attached hydrogens (tertiary/aromatic N) is 1. The van der Waals surface area contributed by atoms with Crippen molar-refractivity contribution in [2.45, 2.75) is 25.7 Å². The zero-order valence-electron chi connectivity index (χ0n) is 7.92. The molecule has 1 aliphatic carbocycles. The van der Waals surface area contributed by atoms with Crippen LogP contribution in [0.4, 0.5) is 0 Å². The highest BCUT2D eigenvalue weighted by atomic mass is 16.2. The number of hydrogen-bond acceptors (Lipinski definition) is 2. The minimum absolute atomic E-state index is 0.378. The Balaban J connectivity index is 1.64. The van der Waals surface area contributed by atoms with Gasteiger partial charge in [0, 0.05) is 19.7 Å². The van der Waals surface area contributed by atoms with E-state index in [2.05, 4.69) is 11.9 Å². The molecular weight excluding hydrogens is 150 g/mol. The van der Waals surface area contributed by atoms with Gasteiger partial charge in [-0.3, -0.25) is 0 Å². The van der Waals surface area contributed by atoms with Crippen molar-refractivity contribution in [2.75, 3.05) is 26.7 Å². The monoisotopic (exact) mass is 169 g/mol. The topological polar surface area (TPSA) is 23.5 Å². The molecule has 1 saturated heterocycles. The fourth-order valence-electron chi connectivity index (χ4n) is 3.11. The number of likely N-dealkylation sites (tertiary alicyclic amines) is 1. The van der Waals surface area contributed by atoms with Gasteiger partial charge in [0.15, 0.2) is 0 Å². The summed E-state index contributed by atoms with van der Waals surface area (Å²) in [4.78, 5) is 2.41. The van der Waals surface area contributed by atoms with Gasteiger partial charge in [-0.1, -0.05) is 0 Å². The van der Waals surface area contributed by atoms with E-state index in [9.17, 15) is 0 Å². The van der Waals surface area contributed by atoms with Crippen molar-refractivity contribution in [3.8, 4) is 0 Å². The molecule has 0 amide bonds. The fourth-order valence-corrected chi connectivity index (χ4v) is 3.11. The van der Waals surface area contributed by atoms with Crippen molar-refractivity contribution in [1.82, 2.24) is 4.90 Å². The molecule has 0 atom stereocenters. The van der Waals surface area contributed by atoms with E-state index in [4.69, 9.17) is 5.11 Å². The quantitative estimate of drug-likeness (QED) is 0.684. The standard InChI is InChI=1S/C10H19NO/c1-11-7-10(8-11)5-9(6-10)3-2-4-12/h9,12H,2-8H2,1H3. The number of hydrogen-bond donors (Lipinski definition) is 1. The van der Waals surface area contributed by atoms with Crippen LogP contribution >= 0.6 is 0 Å². The Hall–Kier alpha value is -0.0800. The van der Waals surface area contributed by atoms with Gasteiger partial charge in [0.05, 0.1) is 0 Å². The first-order valence-electron chi connectivity index (χ1n) is 5.03. The van der Waals surface area contributed by atoms with Crippen LogP contribution in [0.1, 0.15) is 25.7 Å². The van der Waals surface area contributed by atoms with Gasteiger partial charge in [0.2, 0.25) is 0 Å². The van der Waals surface area contributed by atoms with Gasteiger partial charge in [-0.2, -0.15) is 0 Å². The molecule has 0 aromatic carbocycles. The average Bonchev–Trinajstić information content (AvgIpc) is 1.91. The molecule has 1 saturated carbocycles. The van der Waals surface area contributed by atoms with E-state index in [1.54, 1.807) is 0 Å². The molecule has 12 heavy (non-hydrogen) atoms. The van der Waals surface area contributed by atoms with Crippen molar-refractivity contribution in [1.29, 1.82) is 0 Å². The lowest BCUT2D eigenvalue weighted by molar-refractivity contribution is -0.0844. The van der Waals surface area contributed by atoms with Gasteiger partial charge in [-0.25, -0.2) is 0 Å². The highest BCUT2D eigenvalue weighted by Crippen LogP contribution is 2.52. The van der Waals surface area contributed by atoms with Crippen LogP contribution in [-0.4, -0.2) is 36.8 Å². The van der Waals surface area contributed by atoms with Crippen LogP contribution < -0.4 is 0 Å². The molecule has 1 spiro atoms. The highest BCUT2D eigenvalue weighted by Gasteiger charge is 2.50. The van der Waals surface area contributed by atoms with Crippen molar-refractivity contribution in [3.63, 3.8) is 0 Å². The average molecular weight is 169 g/mol. The van der Waals surface area contributed by atoms with E-state index in [-0.39, 0.29) is 0 Å². The summed E-state index contributed by atoms with van der Waals surface area (Å²) in [5.74, 6) is 0.936. The van der Waals surface area contributed by atoms with Crippen LogP contribution in [0, 0.1) is 11.3 Å². The maximum Gasteiger partial charge on any atom is 0.0431 e. The molecule has 1 heterocycles. The normalized spacial score (nSPS) is 28.5. The lowest BCUT2D eigenvalue weighted by Crippen LogP contribution is -2.60. The summed E-state index contributed by atoms with van der Waals surface area (Å²) in [5.41, 5.74) is 0.731. The van der Waals surface area contributed by atoms with Crippen molar-refractivity contribution >= 4 is 0 Å². The molecule has 0 unspecified atom stereocenters. The molecule has 2 heteroatoms. The van der Waals surface area contributed by atoms with Crippen LogP contribution in [0.25, 0.3) is 0 Å². The smallest absolute Gasteiger partial charge is 0.0431 e. The molecule has 2 nitrogen and oxygen atoms in total. The van der Waals surface area contributed by atoms with Gasteiger partial charge in [0.1, 0.15) is 0 Å². The van der Waals surface area contributed by atoms with Crippen LogP contribution in [0.2, 0.25) is 0 Å². The van der Waals surface area contributed by atoms with E-state index in [1.807, 2.05) is 0 Å². The second-order valence-electron chi connectivity index (χ2n) is 4.81. The lowest BCUT2D eigenvalue weighted by atomic mass is 9.57. The van der Waals surface area contributed by atoms with Crippen molar-refractivity contribution in [2.24, 2.45) is 11.3 Å². The molecular formula is C10H19NO. The fraction of sp³-hybridized carbons (Fsp3) is 1.00. The van der Waals surface area contributed by atoms with Gasteiger partial charge in [-0.15, -0.1) is 0 Å². The first-order valence-corrected chi connectivity index (χ1v) is 5.03. The van der Waals surface area contributed by atoms with Crippen molar-refractivity contribution in [3.05, 3.63) is 0 Å². The third kappa shape index (κ3) is 1.38. The number of aliphatic hydroxyl groups is 1.